The lowest BCUT2D eigenvalue weighted by Gasteiger charge is -2.46. The number of hydrogen-bond acceptors (Lipinski definition) is 8. The Morgan fingerprint density at radius 3 is 1.15 bits per heavy atom. The van der Waals surface area contributed by atoms with Crippen molar-refractivity contribution in [3.8, 4) is 0 Å². The summed E-state index contributed by atoms with van der Waals surface area (Å²) in [6.07, 6.45) is 0. The topological polar surface area (TPSA) is 156 Å². The average Bonchev–Trinajstić information content (AvgIpc) is 2.89. The van der Waals surface area contributed by atoms with E-state index in [9.17, 15) is 40.2 Å². The van der Waals surface area contributed by atoms with Gasteiger partial charge in [0.1, 0.15) is 0 Å². The summed E-state index contributed by atoms with van der Waals surface area (Å²) in [7, 11) is 0. The molecule has 0 aromatic heterocycles. The van der Waals surface area contributed by atoms with Gasteiger partial charge in [0.2, 0.25) is 34.3 Å². The molecule has 2 aliphatic rings. The first-order chi connectivity index (χ1) is 12.0. The lowest BCUT2D eigenvalue weighted by atomic mass is 9.70. The second-order valence-electron chi connectivity index (χ2n) is 6.51. The Morgan fingerprint density at radius 2 is 0.846 bits per heavy atom. The molecule has 0 saturated heterocycles. The van der Waals surface area contributed by atoms with Gasteiger partial charge in [-0.25, -0.2) is 0 Å². The fourth-order valence-electron chi connectivity index (χ4n) is 3.90. The minimum absolute atomic E-state index is 0.368. The lowest BCUT2D eigenvalue weighted by molar-refractivity contribution is -0.359. The van der Waals surface area contributed by atoms with Gasteiger partial charge in [0.25, 0.3) is 0 Å². The van der Waals surface area contributed by atoms with Crippen LogP contribution in [0.5, 0.6) is 0 Å². The van der Waals surface area contributed by atoms with Crippen LogP contribution in [0.3, 0.4) is 0 Å². The number of benzene rings is 2. The number of carbonyl (C=O) groups excluding carboxylic acids is 2. The van der Waals surface area contributed by atoms with Gasteiger partial charge in [0.05, 0.1) is 0 Å². The first kappa shape index (κ1) is 17.0. The van der Waals surface area contributed by atoms with Crippen molar-refractivity contribution in [3.05, 3.63) is 70.8 Å². The van der Waals surface area contributed by atoms with Crippen LogP contribution in [0, 0.1) is 0 Å². The number of aliphatic hydroxyl groups is 6. The molecule has 0 heterocycles. The fraction of sp³-hybridized carbons (Fsp3) is 0.222. The number of ketones is 2. The van der Waals surface area contributed by atoms with Crippen LogP contribution in [0.15, 0.2) is 48.5 Å². The van der Waals surface area contributed by atoms with E-state index < -0.39 is 45.5 Å². The third-order valence-corrected chi connectivity index (χ3v) is 5.28. The van der Waals surface area contributed by atoms with Crippen LogP contribution in [0.2, 0.25) is 0 Å². The predicted octanol–water partition coefficient (Wildman–Crippen LogP) is -1.48. The van der Waals surface area contributed by atoms with Crippen LogP contribution >= 0.6 is 0 Å². The molecular weight excluding hydrogens is 344 g/mol. The van der Waals surface area contributed by atoms with E-state index in [2.05, 4.69) is 0 Å². The van der Waals surface area contributed by atoms with Gasteiger partial charge in [-0.05, 0) is 0 Å². The van der Waals surface area contributed by atoms with Gasteiger partial charge >= 0.3 is 0 Å². The second kappa shape index (κ2) is 4.63. The van der Waals surface area contributed by atoms with E-state index in [-0.39, 0.29) is 11.1 Å². The largest absolute Gasteiger partial charge is 0.374 e. The van der Waals surface area contributed by atoms with Crippen molar-refractivity contribution in [2.75, 3.05) is 0 Å². The molecule has 2 aromatic carbocycles. The molecule has 0 spiro atoms. The minimum atomic E-state index is -3.66. The summed E-state index contributed by atoms with van der Waals surface area (Å²) in [5, 5.41) is 64.2. The molecule has 2 atom stereocenters. The second-order valence-corrected chi connectivity index (χ2v) is 6.51. The summed E-state index contributed by atoms with van der Waals surface area (Å²) in [6, 6.07) is 9.97. The van der Waals surface area contributed by atoms with Crippen molar-refractivity contribution in [2.24, 2.45) is 0 Å². The Balaban J connectivity index is 2.04. The van der Waals surface area contributed by atoms with Crippen LogP contribution in [-0.2, 0) is 11.6 Å². The van der Waals surface area contributed by atoms with E-state index in [1.807, 2.05) is 0 Å². The van der Waals surface area contributed by atoms with Gasteiger partial charge in [0, 0.05) is 22.3 Å². The van der Waals surface area contributed by atoms with Gasteiger partial charge in [-0.1, -0.05) is 48.5 Å². The predicted molar refractivity (Wildman–Crippen MR) is 83.7 cm³/mol. The van der Waals surface area contributed by atoms with Crippen LogP contribution < -0.4 is 0 Å². The number of fused-ring (bicyclic) bond motifs is 2. The standard InChI is InChI=1S/C18H14O8/c19-13-9-5-1-3-7-11(9)17(23,24)15(13,21)16(22)14(20)10-6-2-4-8-12(10)18(16,25)26/h1-8,21-26H/t15-,16-/m1/s1. The van der Waals surface area contributed by atoms with E-state index in [0.29, 0.717) is 0 Å². The van der Waals surface area contributed by atoms with E-state index >= 15 is 0 Å². The molecule has 8 heteroatoms. The van der Waals surface area contributed by atoms with Gasteiger partial charge in [-0.15, -0.1) is 0 Å². The van der Waals surface area contributed by atoms with Crippen molar-refractivity contribution in [1.82, 2.24) is 0 Å². The van der Waals surface area contributed by atoms with Crippen LogP contribution in [0.4, 0.5) is 0 Å². The normalized spacial score (nSPS) is 31.0. The summed E-state index contributed by atoms with van der Waals surface area (Å²) in [5.41, 5.74) is -9.01. The SMILES string of the molecule is O=C1c2ccccc2C(O)(O)[C@]1(O)[C@]1(O)C(=O)c2ccccc2C1(O)O. The zero-order valence-corrected chi connectivity index (χ0v) is 13.1. The summed E-state index contributed by atoms with van der Waals surface area (Å²) in [6.45, 7) is 0. The summed E-state index contributed by atoms with van der Waals surface area (Å²) >= 11 is 0. The molecule has 2 aliphatic carbocycles. The molecule has 2 aromatic rings. The van der Waals surface area contributed by atoms with Gasteiger partial charge < -0.3 is 30.6 Å². The van der Waals surface area contributed by atoms with Crippen LogP contribution in [0.1, 0.15) is 31.8 Å². The highest BCUT2D eigenvalue weighted by Gasteiger charge is 2.82. The number of carbonyl (C=O) groups is 2. The minimum Gasteiger partial charge on any atom is -0.374 e. The summed E-state index contributed by atoms with van der Waals surface area (Å²) in [4.78, 5) is 25.6. The molecule has 134 valence electrons. The van der Waals surface area contributed by atoms with E-state index in [1.54, 1.807) is 0 Å². The van der Waals surface area contributed by atoms with Gasteiger partial charge in [0.15, 0.2) is 0 Å². The number of Topliss-reactive ketones (excluding diaryl/α,β-unsaturated/α-hetero) is 2. The maximum atomic E-state index is 12.8. The Labute approximate surface area is 146 Å². The Morgan fingerprint density at radius 1 is 0.538 bits per heavy atom. The maximum absolute atomic E-state index is 12.8. The van der Waals surface area contributed by atoms with E-state index in [1.165, 1.54) is 24.3 Å². The lowest BCUT2D eigenvalue weighted by Crippen LogP contribution is -2.75. The van der Waals surface area contributed by atoms with Crippen molar-refractivity contribution >= 4 is 11.6 Å². The van der Waals surface area contributed by atoms with Crippen molar-refractivity contribution in [3.63, 3.8) is 0 Å². The first-order valence-electron chi connectivity index (χ1n) is 7.65. The van der Waals surface area contributed by atoms with Gasteiger partial charge in [-0.2, -0.15) is 0 Å². The van der Waals surface area contributed by atoms with Crippen molar-refractivity contribution < 1.29 is 40.2 Å². The molecular formula is C18H14O8. The van der Waals surface area contributed by atoms with Crippen LogP contribution in [-0.4, -0.2) is 53.4 Å². The molecule has 8 nitrogen and oxygen atoms in total. The molecule has 0 unspecified atom stereocenters. The quantitative estimate of drug-likeness (QED) is 0.337. The van der Waals surface area contributed by atoms with E-state index in [4.69, 9.17) is 0 Å². The molecule has 6 N–H and O–H groups in total. The highest BCUT2D eigenvalue weighted by Crippen LogP contribution is 2.56. The highest BCUT2D eigenvalue weighted by molar-refractivity contribution is 6.18. The first-order valence-corrected chi connectivity index (χ1v) is 7.65. The van der Waals surface area contributed by atoms with Crippen LogP contribution in [0.25, 0.3) is 0 Å². The Kier molecular flexibility index (Phi) is 3.02. The summed E-state index contributed by atoms with van der Waals surface area (Å²) in [5.74, 6) is -9.75. The third kappa shape index (κ3) is 1.47. The zero-order valence-electron chi connectivity index (χ0n) is 13.1. The van der Waals surface area contributed by atoms with Gasteiger partial charge in [-0.3, -0.25) is 9.59 Å². The van der Waals surface area contributed by atoms with Crippen molar-refractivity contribution in [1.29, 1.82) is 0 Å². The smallest absolute Gasteiger partial charge is 0.232 e. The molecule has 4 rings (SSSR count). The molecule has 0 fully saturated rings. The number of rotatable bonds is 1. The third-order valence-electron chi connectivity index (χ3n) is 5.28. The molecule has 0 amide bonds. The fourth-order valence-corrected chi connectivity index (χ4v) is 3.90. The maximum Gasteiger partial charge on any atom is 0.232 e. The number of hydrogen-bond donors (Lipinski definition) is 6. The zero-order chi connectivity index (χ0) is 19.1. The molecule has 0 bridgehead atoms. The molecule has 0 aliphatic heterocycles. The average molecular weight is 358 g/mol. The van der Waals surface area contributed by atoms with E-state index in [0.717, 1.165) is 24.3 Å². The Bertz CT molecular complexity index is 899. The molecule has 0 radical (unpaired) electrons. The summed E-state index contributed by atoms with van der Waals surface area (Å²) < 4.78 is 0. The Hall–Kier alpha value is -2.46. The molecule has 0 saturated carbocycles. The van der Waals surface area contributed by atoms with Crippen molar-refractivity contribution in [2.45, 2.75) is 22.8 Å². The monoisotopic (exact) mass is 358 g/mol. The molecule has 26 heavy (non-hydrogen) atoms. The highest BCUT2D eigenvalue weighted by atomic mass is 16.6.